The Hall–Kier alpha value is -2.98. The minimum Gasteiger partial charge on any atom is -0.376 e. The second-order valence-electron chi connectivity index (χ2n) is 5.52. The van der Waals surface area contributed by atoms with Crippen molar-refractivity contribution < 1.29 is 18.1 Å². The van der Waals surface area contributed by atoms with Gasteiger partial charge in [0.25, 0.3) is 5.69 Å². The first-order valence-corrected chi connectivity index (χ1v) is 8.95. The van der Waals surface area contributed by atoms with Gasteiger partial charge < -0.3 is 10.6 Å². The highest BCUT2D eigenvalue weighted by atomic mass is 32.2. The quantitative estimate of drug-likeness (QED) is 0.560. The molecule has 0 aliphatic carbocycles. The van der Waals surface area contributed by atoms with Gasteiger partial charge in [-0.05, 0) is 30.3 Å². The lowest BCUT2D eigenvalue weighted by Gasteiger charge is -2.12. The van der Waals surface area contributed by atoms with Crippen molar-refractivity contribution in [2.24, 2.45) is 0 Å². The van der Waals surface area contributed by atoms with Gasteiger partial charge in [0, 0.05) is 37.6 Å². The first kappa shape index (κ1) is 19.3. The number of sulfonamides is 1. The van der Waals surface area contributed by atoms with Crippen LogP contribution in [0.1, 0.15) is 0 Å². The molecule has 0 atom stereocenters. The zero-order valence-electron chi connectivity index (χ0n) is 14.2. The third-order valence-electron chi connectivity index (χ3n) is 3.43. The predicted molar refractivity (Wildman–Crippen MR) is 97.5 cm³/mol. The molecule has 0 unspecified atom stereocenters. The number of hydrogen-bond acceptors (Lipinski definition) is 6. The van der Waals surface area contributed by atoms with E-state index >= 15 is 0 Å². The van der Waals surface area contributed by atoms with Crippen LogP contribution in [0.4, 0.5) is 17.1 Å². The van der Waals surface area contributed by atoms with Gasteiger partial charge in [-0.15, -0.1) is 0 Å². The first-order chi connectivity index (χ1) is 12.2. The Morgan fingerprint density at radius 1 is 1.12 bits per heavy atom. The summed E-state index contributed by atoms with van der Waals surface area (Å²) in [6.07, 6.45) is 0. The zero-order chi connectivity index (χ0) is 19.3. The topological polar surface area (TPSA) is 122 Å². The molecular formula is C16H18N4O5S. The Balaban J connectivity index is 1.96. The lowest BCUT2D eigenvalue weighted by molar-refractivity contribution is -0.384. The molecule has 9 nitrogen and oxygen atoms in total. The van der Waals surface area contributed by atoms with Crippen molar-refractivity contribution in [3.8, 4) is 0 Å². The van der Waals surface area contributed by atoms with Gasteiger partial charge in [0.1, 0.15) is 0 Å². The highest BCUT2D eigenvalue weighted by molar-refractivity contribution is 7.89. The molecule has 2 aromatic carbocycles. The van der Waals surface area contributed by atoms with E-state index in [-0.39, 0.29) is 23.0 Å². The van der Waals surface area contributed by atoms with E-state index in [2.05, 4.69) is 10.6 Å². The van der Waals surface area contributed by atoms with E-state index in [1.165, 1.54) is 56.6 Å². The normalized spacial score (nSPS) is 11.2. The van der Waals surface area contributed by atoms with E-state index in [1.807, 2.05) is 0 Å². The molecule has 0 radical (unpaired) electrons. The van der Waals surface area contributed by atoms with Crippen molar-refractivity contribution >= 4 is 33.0 Å². The molecule has 0 bridgehead atoms. The van der Waals surface area contributed by atoms with Crippen LogP contribution in [0, 0.1) is 10.1 Å². The van der Waals surface area contributed by atoms with E-state index in [0.29, 0.717) is 11.4 Å². The molecule has 0 saturated heterocycles. The third kappa shape index (κ3) is 4.77. The van der Waals surface area contributed by atoms with Crippen molar-refractivity contribution in [2.75, 3.05) is 31.3 Å². The second-order valence-corrected chi connectivity index (χ2v) is 7.67. The molecule has 0 aliphatic heterocycles. The van der Waals surface area contributed by atoms with E-state index in [1.54, 1.807) is 6.07 Å². The molecule has 1 amide bonds. The van der Waals surface area contributed by atoms with E-state index < -0.39 is 14.9 Å². The largest absolute Gasteiger partial charge is 0.376 e. The Labute approximate surface area is 150 Å². The summed E-state index contributed by atoms with van der Waals surface area (Å²) < 4.78 is 25.1. The number of nitro groups is 1. The van der Waals surface area contributed by atoms with Crippen molar-refractivity contribution in [3.05, 3.63) is 58.6 Å². The third-order valence-corrected chi connectivity index (χ3v) is 5.26. The Morgan fingerprint density at radius 3 is 2.35 bits per heavy atom. The van der Waals surface area contributed by atoms with Crippen LogP contribution in [0.2, 0.25) is 0 Å². The molecule has 0 aromatic heterocycles. The van der Waals surface area contributed by atoms with Gasteiger partial charge in [0.15, 0.2) is 0 Å². The van der Waals surface area contributed by atoms with Crippen molar-refractivity contribution in [1.29, 1.82) is 0 Å². The van der Waals surface area contributed by atoms with Gasteiger partial charge >= 0.3 is 0 Å². The summed E-state index contributed by atoms with van der Waals surface area (Å²) in [6, 6.07) is 11.6. The Kier molecular flexibility index (Phi) is 5.90. The highest BCUT2D eigenvalue weighted by Gasteiger charge is 2.16. The summed E-state index contributed by atoms with van der Waals surface area (Å²) >= 11 is 0. The number of carbonyl (C=O) groups excluding carboxylic acids is 1. The number of hydrogen-bond donors (Lipinski definition) is 2. The first-order valence-electron chi connectivity index (χ1n) is 7.51. The maximum absolute atomic E-state index is 12.0. The number of carbonyl (C=O) groups is 1. The standard InChI is InChI=1S/C16H18N4O5S/c1-19(2)26(24,25)15-8-6-12(7-9-15)18-16(21)11-17-13-4-3-5-14(10-13)20(22)23/h3-10,17H,11H2,1-2H3,(H,18,21). The number of rotatable bonds is 7. The Bertz CT molecular complexity index is 910. The summed E-state index contributed by atoms with van der Waals surface area (Å²) in [7, 11) is -0.656. The van der Waals surface area contributed by atoms with Gasteiger partial charge in [-0.25, -0.2) is 12.7 Å². The average Bonchev–Trinajstić information content (AvgIpc) is 2.60. The van der Waals surface area contributed by atoms with Gasteiger partial charge in [-0.1, -0.05) is 6.07 Å². The maximum atomic E-state index is 12.0. The fraction of sp³-hybridized carbons (Fsp3) is 0.188. The van der Waals surface area contributed by atoms with Crippen LogP contribution in [-0.2, 0) is 14.8 Å². The number of nitrogens with zero attached hydrogens (tertiary/aromatic N) is 2. The van der Waals surface area contributed by atoms with Gasteiger partial charge in [0.2, 0.25) is 15.9 Å². The number of amides is 1. The number of benzene rings is 2. The summed E-state index contributed by atoms with van der Waals surface area (Å²) in [5.41, 5.74) is 0.809. The van der Waals surface area contributed by atoms with Crippen LogP contribution in [-0.4, -0.2) is 44.2 Å². The van der Waals surface area contributed by atoms with Gasteiger partial charge in [-0.2, -0.15) is 0 Å². The summed E-state index contributed by atoms with van der Waals surface area (Å²) in [5, 5.41) is 16.1. The van der Waals surface area contributed by atoms with Gasteiger partial charge in [0.05, 0.1) is 16.4 Å². The summed E-state index contributed by atoms with van der Waals surface area (Å²) in [5.74, 6) is -0.375. The molecule has 0 heterocycles. The predicted octanol–water partition coefficient (Wildman–Crippen LogP) is 1.90. The van der Waals surface area contributed by atoms with Crippen LogP contribution in [0.15, 0.2) is 53.4 Å². The Morgan fingerprint density at radius 2 is 1.77 bits per heavy atom. The van der Waals surface area contributed by atoms with Crippen molar-refractivity contribution in [3.63, 3.8) is 0 Å². The van der Waals surface area contributed by atoms with E-state index in [9.17, 15) is 23.3 Å². The van der Waals surface area contributed by atoms with Crippen LogP contribution in [0.3, 0.4) is 0 Å². The molecule has 10 heteroatoms. The van der Waals surface area contributed by atoms with Crippen LogP contribution in [0.25, 0.3) is 0 Å². The SMILES string of the molecule is CN(C)S(=O)(=O)c1ccc(NC(=O)CNc2cccc([N+](=O)[O-])c2)cc1. The minimum atomic E-state index is -3.53. The molecule has 2 rings (SSSR count). The maximum Gasteiger partial charge on any atom is 0.271 e. The number of anilines is 2. The smallest absolute Gasteiger partial charge is 0.271 e. The molecule has 138 valence electrons. The average molecular weight is 378 g/mol. The molecule has 26 heavy (non-hydrogen) atoms. The van der Waals surface area contributed by atoms with Crippen LogP contribution < -0.4 is 10.6 Å². The second kappa shape index (κ2) is 7.93. The molecular weight excluding hydrogens is 360 g/mol. The fourth-order valence-corrected chi connectivity index (χ4v) is 2.94. The zero-order valence-corrected chi connectivity index (χ0v) is 15.0. The summed E-state index contributed by atoms with van der Waals surface area (Å²) in [4.78, 5) is 22.3. The molecule has 0 fully saturated rings. The highest BCUT2D eigenvalue weighted by Crippen LogP contribution is 2.18. The van der Waals surface area contributed by atoms with Crippen LogP contribution >= 0.6 is 0 Å². The van der Waals surface area contributed by atoms with Gasteiger partial charge in [-0.3, -0.25) is 14.9 Å². The fourth-order valence-electron chi connectivity index (χ4n) is 2.04. The molecule has 2 N–H and O–H groups in total. The van der Waals surface area contributed by atoms with E-state index in [4.69, 9.17) is 0 Å². The molecule has 0 saturated carbocycles. The van der Waals surface area contributed by atoms with E-state index in [0.717, 1.165) is 4.31 Å². The monoisotopic (exact) mass is 378 g/mol. The summed E-state index contributed by atoms with van der Waals surface area (Å²) in [6.45, 7) is -0.0983. The molecule has 0 aliphatic rings. The minimum absolute atomic E-state index is 0.0758. The number of non-ortho nitro benzene ring substituents is 1. The molecule has 2 aromatic rings. The lowest BCUT2D eigenvalue weighted by Crippen LogP contribution is -2.23. The number of nitrogens with one attached hydrogen (secondary N) is 2. The molecule has 0 spiro atoms. The van der Waals surface area contributed by atoms with Crippen molar-refractivity contribution in [2.45, 2.75) is 4.90 Å². The lowest BCUT2D eigenvalue weighted by atomic mass is 10.3. The van der Waals surface area contributed by atoms with Crippen molar-refractivity contribution in [1.82, 2.24) is 4.31 Å². The van der Waals surface area contributed by atoms with Crippen LogP contribution in [0.5, 0.6) is 0 Å². The number of nitro benzene ring substituents is 1.